The summed E-state index contributed by atoms with van der Waals surface area (Å²) in [6.07, 6.45) is 6.00. The predicted octanol–water partition coefficient (Wildman–Crippen LogP) is 4.76. The first-order valence-corrected chi connectivity index (χ1v) is 11.1. The third-order valence-electron chi connectivity index (χ3n) is 6.78. The fourth-order valence-electron chi connectivity index (χ4n) is 4.77. The van der Waals surface area contributed by atoms with Crippen molar-refractivity contribution in [2.24, 2.45) is 17.3 Å². The lowest BCUT2D eigenvalue weighted by Crippen LogP contribution is -2.50. The average Bonchev–Trinajstić information content (AvgIpc) is 2.41. The monoisotopic (exact) mass is 310 g/mol. The molecule has 0 bridgehead atoms. The van der Waals surface area contributed by atoms with Crippen LogP contribution in [0.15, 0.2) is 22.3 Å². The second-order valence-electron chi connectivity index (χ2n) is 8.07. The van der Waals surface area contributed by atoms with Crippen molar-refractivity contribution in [3.8, 4) is 0 Å². The van der Waals surface area contributed by atoms with Crippen LogP contribution in [-0.4, -0.2) is 35.2 Å². The molecule has 0 saturated carbocycles. The third kappa shape index (κ3) is 2.53. The van der Waals surface area contributed by atoms with Gasteiger partial charge in [0.05, 0.1) is 6.10 Å². The van der Waals surface area contributed by atoms with E-state index in [2.05, 4.69) is 47.1 Å². The van der Waals surface area contributed by atoms with Crippen molar-refractivity contribution < 1.29 is 5.11 Å². The molecule has 1 heterocycles. The molecule has 1 aliphatic heterocycles. The number of hydrogen-bond acceptors (Lipinski definition) is 1. The van der Waals surface area contributed by atoms with Crippen LogP contribution < -0.4 is 0 Å². The summed E-state index contributed by atoms with van der Waals surface area (Å²) in [5.74, 6) is 3.63. The molecular formula is C19H34OS. The molecular weight excluding hydrogens is 276 g/mol. The van der Waals surface area contributed by atoms with Crippen molar-refractivity contribution in [1.82, 2.24) is 0 Å². The zero-order chi connectivity index (χ0) is 16.2. The standard InChI is InChI=1S/C19H34OS/c1-12-13(2)15(4)19(16(5)17(6)20)9-10-21(7,8)11-18(19)14(12)3/h16-18,20H,9-11H2,1-8H3/t16?,17?,18?,19-/m1/s1. The molecule has 2 aliphatic rings. The van der Waals surface area contributed by atoms with Gasteiger partial charge in [-0.2, -0.15) is 0 Å². The van der Waals surface area contributed by atoms with Crippen LogP contribution in [0.2, 0.25) is 0 Å². The molecule has 0 spiro atoms. The number of rotatable bonds is 2. The molecule has 1 nitrogen and oxygen atoms in total. The summed E-state index contributed by atoms with van der Waals surface area (Å²) in [5, 5.41) is 10.4. The Kier molecular flexibility index (Phi) is 4.45. The Bertz CT molecular complexity index is 498. The first kappa shape index (κ1) is 17.1. The zero-order valence-corrected chi connectivity index (χ0v) is 16.0. The summed E-state index contributed by atoms with van der Waals surface area (Å²) in [4.78, 5) is 0. The molecule has 2 rings (SSSR count). The fraction of sp³-hybridized carbons (Fsp3) is 0.789. The highest BCUT2D eigenvalue weighted by Crippen LogP contribution is 2.64. The smallest absolute Gasteiger partial charge is 0.0546 e. The molecule has 0 aromatic carbocycles. The van der Waals surface area contributed by atoms with Crippen molar-refractivity contribution >= 4 is 10.0 Å². The third-order valence-corrected chi connectivity index (χ3v) is 9.33. The highest BCUT2D eigenvalue weighted by molar-refractivity contribution is 8.32. The maximum absolute atomic E-state index is 10.4. The van der Waals surface area contributed by atoms with E-state index in [1.807, 2.05) is 6.92 Å². The van der Waals surface area contributed by atoms with Crippen molar-refractivity contribution in [3.63, 3.8) is 0 Å². The number of allylic oxidation sites excluding steroid dienone is 4. The minimum Gasteiger partial charge on any atom is -0.393 e. The van der Waals surface area contributed by atoms with Gasteiger partial charge in [0.15, 0.2) is 0 Å². The van der Waals surface area contributed by atoms with Crippen LogP contribution in [0.1, 0.15) is 48.0 Å². The molecule has 4 atom stereocenters. The molecule has 0 radical (unpaired) electrons. The Balaban J connectivity index is 2.62. The zero-order valence-electron chi connectivity index (χ0n) is 15.2. The van der Waals surface area contributed by atoms with E-state index in [9.17, 15) is 5.11 Å². The number of fused-ring (bicyclic) bond motifs is 1. The molecule has 1 aliphatic carbocycles. The van der Waals surface area contributed by atoms with Gasteiger partial charge in [-0.05, 0) is 88.0 Å². The molecule has 1 fully saturated rings. The van der Waals surface area contributed by atoms with E-state index in [1.165, 1.54) is 29.1 Å². The van der Waals surface area contributed by atoms with E-state index < -0.39 is 10.0 Å². The van der Waals surface area contributed by atoms with Gasteiger partial charge < -0.3 is 5.11 Å². The van der Waals surface area contributed by atoms with Crippen LogP contribution in [0.4, 0.5) is 0 Å². The minimum absolute atomic E-state index is 0.185. The van der Waals surface area contributed by atoms with Gasteiger partial charge in [0, 0.05) is 5.41 Å². The molecule has 0 aromatic heterocycles. The van der Waals surface area contributed by atoms with E-state index in [1.54, 1.807) is 11.1 Å². The average molecular weight is 311 g/mol. The van der Waals surface area contributed by atoms with Crippen LogP contribution in [0.5, 0.6) is 0 Å². The van der Waals surface area contributed by atoms with Crippen molar-refractivity contribution in [2.75, 3.05) is 24.0 Å². The van der Waals surface area contributed by atoms with E-state index in [0.717, 1.165) is 0 Å². The molecule has 0 aromatic rings. The second-order valence-corrected chi connectivity index (χ2v) is 12.3. The lowest BCUT2D eigenvalue weighted by molar-refractivity contribution is 0.0294. The Labute approximate surface area is 133 Å². The van der Waals surface area contributed by atoms with E-state index in [4.69, 9.17) is 0 Å². The molecule has 1 N–H and O–H groups in total. The summed E-state index contributed by atoms with van der Waals surface area (Å²) in [5.41, 5.74) is 6.31. The highest BCUT2D eigenvalue weighted by Gasteiger charge is 2.52. The Morgan fingerprint density at radius 3 is 2.19 bits per heavy atom. The first-order valence-electron chi connectivity index (χ1n) is 8.27. The van der Waals surface area contributed by atoms with Crippen LogP contribution in [0.3, 0.4) is 0 Å². The van der Waals surface area contributed by atoms with Gasteiger partial charge in [0.2, 0.25) is 0 Å². The lowest BCUT2D eigenvalue weighted by Gasteiger charge is -2.58. The van der Waals surface area contributed by atoms with Gasteiger partial charge in [0.25, 0.3) is 0 Å². The number of aliphatic hydroxyl groups excluding tert-OH is 1. The molecule has 21 heavy (non-hydrogen) atoms. The van der Waals surface area contributed by atoms with Gasteiger partial charge in [-0.15, -0.1) is 0 Å². The quantitative estimate of drug-likeness (QED) is 0.779. The van der Waals surface area contributed by atoms with Crippen molar-refractivity contribution in [1.29, 1.82) is 0 Å². The normalized spacial score (nSPS) is 37.1. The Hall–Kier alpha value is -0.210. The van der Waals surface area contributed by atoms with Gasteiger partial charge in [-0.3, -0.25) is 0 Å². The van der Waals surface area contributed by atoms with Gasteiger partial charge >= 0.3 is 0 Å². The first-order chi connectivity index (χ1) is 9.54. The SMILES string of the molecule is CC1=C(C)C2CS(C)(C)CC[C@]2(C(C)C(C)O)C(C)=C1C. The molecule has 2 heteroatoms. The maximum atomic E-state index is 10.4. The fourth-order valence-corrected chi connectivity index (χ4v) is 7.27. The van der Waals surface area contributed by atoms with Crippen LogP contribution in [-0.2, 0) is 0 Å². The Morgan fingerprint density at radius 1 is 1.10 bits per heavy atom. The van der Waals surface area contributed by atoms with Crippen molar-refractivity contribution in [2.45, 2.75) is 54.1 Å². The minimum atomic E-state index is -0.486. The summed E-state index contributed by atoms with van der Waals surface area (Å²) in [7, 11) is -0.486. The summed E-state index contributed by atoms with van der Waals surface area (Å²) < 4.78 is 0. The number of aliphatic hydroxyl groups is 1. The largest absolute Gasteiger partial charge is 0.393 e. The molecule has 3 unspecified atom stereocenters. The van der Waals surface area contributed by atoms with E-state index in [0.29, 0.717) is 11.8 Å². The van der Waals surface area contributed by atoms with Gasteiger partial charge in [-0.25, -0.2) is 10.0 Å². The van der Waals surface area contributed by atoms with Gasteiger partial charge in [0.1, 0.15) is 0 Å². The summed E-state index contributed by atoms with van der Waals surface area (Å²) in [6.45, 7) is 13.5. The lowest BCUT2D eigenvalue weighted by atomic mass is 9.54. The molecule has 1 saturated heterocycles. The van der Waals surface area contributed by atoms with E-state index in [-0.39, 0.29) is 11.5 Å². The summed E-state index contributed by atoms with van der Waals surface area (Å²) >= 11 is 0. The van der Waals surface area contributed by atoms with Crippen molar-refractivity contribution in [3.05, 3.63) is 22.3 Å². The topological polar surface area (TPSA) is 20.2 Å². The number of hydrogen-bond donors (Lipinski definition) is 1. The second kappa shape index (κ2) is 5.45. The van der Waals surface area contributed by atoms with Crippen LogP contribution in [0.25, 0.3) is 0 Å². The van der Waals surface area contributed by atoms with Crippen LogP contribution in [0, 0.1) is 17.3 Å². The highest BCUT2D eigenvalue weighted by atomic mass is 32.3. The Morgan fingerprint density at radius 2 is 1.67 bits per heavy atom. The molecule has 122 valence electrons. The predicted molar refractivity (Wildman–Crippen MR) is 97.3 cm³/mol. The maximum Gasteiger partial charge on any atom is 0.0546 e. The van der Waals surface area contributed by atoms with Gasteiger partial charge in [-0.1, -0.05) is 18.1 Å². The van der Waals surface area contributed by atoms with E-state index >= 15 is 0 Å². The summed E-state index contributed by atoms with van der Waals surface area (Å²) in [6, 6.07) is 0. The molecule has 0 amide bonds. The van der Waals surface area contributed by atoms with Crippen LogP contribution >= 0.6 is 10.0 Å².